The molecule has 0 N–H and O–H groups in total. The smallest absolute Gasteiger partial charge is 0.293 e. The van der Waals surface area contributed by atoms with Crippen molar-refractivity contribution in [3.8, 4) is 11.3 Å². The first-order chi connectivity index (χ1) is 13.9. The quantitative estimate of drug-likeness (QED) is 0.661. The van der Waals surface area contributed by atoms with E-state index in [2.05, 4.69) is 21.2 Å². The predicted octanol–water partition coefficient (Wildman–Crippen LogP) is 3.25. The second-order valence-corrected chi connectivity index (χ2v) is 7.63. The molecule has 0 aliphatic carbocycles. The van der Waals surface area contributed by atoms with E-state index in [1.807, 2.05) is 25.8 Å². The molecule has 3 aromatic rings. The number of nitrogens with zero attached hydrogens (tertiary/aromatic N) is 5. The molecule has 0 saturated carbocycles. The lowest BCUT2D eigenvalue weighted by molar-refractivity contribution is 0.0690. The Kier molecular flexibility index (Phi) is 5.19. The highest BCUT2D eigenvalue weighted by molar-refractivity contribution is 5.93. The average molecular weight is 397 g/mol. The second kappa shape index (κ2) is 7.79. The lowest BCUT2D eigenvalue weighted by Gasteiger charge is -2.21. The van der Waals surface area contributed by atoms with Gasteiger partial charge in [-0.15, -0.1) is 0 Å². The van der Waals surface area contributed by atoms with Crippen molar-refractivity contribution >= 4 is 5.91 Å². The van der Waals surface area contributed by atoms with Crippen molar-refractivity contribution < 1.29 is 13.7 Å². The maximum Gasteiger partial charge on any atom is 0.293 e. The van der Waals surface area contributed by atoms with E-state index in [4.69, 9.17) is 4.52 Å². The predicted molar refractivity (Wildman–Crippen MR) is 106 cm³/mol. The number of benzene rings is 1. The summed E-state index contributed by atoms with van der Waals surface area (Å²) < 4.78 is 21.1. The van der Waals surface area contributed by atoms with E-state index in [-0.39, 0.29) is 17.7 Å². The van der Waals surface area contributed by atoms with Crippen LogP contribution in [-0.2, 0) is 13.6 Å². The van der Waals surface area contributed by atoms with Crippen LogP contribution in [0.5, 0.6) is 0 Å². The number of hydrogen-bond donors (Lipinski definition) is 0. The van der Waals surface area contributed by atoms with E-state index in [1.165, 1.54) is 12.1 Å². The van der Waals surface area contributed by atoms with Crippen LogP contribution in [0.15, 0.2) is 40.9 Å². The highest BCUT2D eigenvalue weighted by atomic mass is 19.1. The van der Waals surface area contributed by atoms with Crippen molar-refractivity contribution in [1.82, 2.24) is 24.7 Å². The first kappa shape index (κ1) is 19.3. The summed E-state index contributed by atoms with van der Waals surface area (Å²) in [6, 6.07) is 9.75. The van der Waals surface area contributed by atoms with Gasteiger partial charge >= 0.3 is 0 Å². The molecule has 0 unspecified atom stereocenters. The summed E-state index contributed by atoms with van der Waals surface area (Å²) >= 11 is 0. The highest BCUT2D eigenvalue weighted by Gasteiger charge is 2.34. The SMILES string of the molecule is CN(C)Cc1cc([C@H]2CCCN2C(=O)c2cc(-c3ccccc3F)no2)nn1C. The summed E-state index contributed by atoms with van der Waals surface area (Å²) in [5.41, 5.74) is 2.59. The minimum Gasteiger partial charge on any atom is -0.350 e. The number of halogens is 1. The summed E-state index contributed by atoms with van der Waals surface area (Å²) in [7, 11) is 5.94. The van der Waals surface area contributed by atoms with Gasteiger partial charge in [0.25, 0.3) is 5.91 Å². The fourth-order valence-corrected chi connectivity index (χ4v) is 3.80. The number of carbonyl (C=O) groups is 1. The van der Waals surface area contributed by atoms with Crippen LogP contribution in [-0.4, -0.2) is 51.3 Å². The summed E-state index contributed by atoms with van der Waals surface area (Å²) in [6.45, 7) is 1.40. The van der Waals surface area contributed by atoms with Gasteiger partial charge in [0, 0.05) is 31.8 Å². The number of amides is 1. The molecular formula is C21H24FN5O2. The molecule has 2 aromatic heterocycles. The molecule has 3 heterocycles. The van der Waals surface area contributed by atoms with Crippen molar-refractivity contribution in [3.05, 3.63) is 59.4 Å². The minimum atomic E-state index is -0.402. The van der Waals surface area contributed by atoms with Crippen molar-refractivity contribution in [2.75, 3.05) is 20.6 Å². The zero-order valence-corrected chi connectivity index (χ0v) is 16.8. The zero-order chi connectivity index (χ0) is 20.5. The van der Waals surface area contributed by atoms with E-state index in [0.29, 0.717) is 17.8 Å². The Balaban J connectivity index is 1.57. The third-order valence-electron chi connectivity index (χ3n) is 5.20. The highest BCUT2D eigenvalue weighted by Crippen LogP contribution is 2.33. The van der Waals surface area contributed by atoms with Gasteiger partial charge in [-0.3, -0.25) is 9.48 Å². The normalized spacial score (nSPS) is 16.7. The second-order valence-electron chi connectivity index (χ2n) is 7.63. The van der Waals surface area contributed by atoms with Gasteiger partial charge in [-0.1, -0.05) is 17.3 Å². The number of carbonyl (C=O) groups excluding carboxylic acids is 1. The molecule has 1 aliphatic rings. The Bertz CT molecular complexity index is 1030. The molecule has 1 amide bonds. The number of aromatic nitrogens is 3. The third-order valence-corrected chi connectivity index (χ3v) is 5.20. The van der Waals surface area contributed by atoms with Crippen LogP contribution in [0.4, 0.5) is 4.39 Å². The summed E-state index contributed by atoms with van der Waals surface area (Å²) in [5, 5.41) is 8.54. The number of rotatable bonds is 5. The van der Waals surface area contributed by atoms with Gasteiger partial charge in [0.2, 0.25) is 5.76 Å². The lowest BCUT2D eigenvalue weighted by atomic mass is 10.1. The van der Waals surface area contributed by atoms with Gasteiger partial charge in [0.05, 0.1) is 17.4 Å². The summed E-state index contributed by atoms with van der Waals surface area (Å²) in [4.78, 5) is 16.9. The monoisotopic (exact) mass is 397 g/mol. The van der Waals surface area contributed by atoms with Gasteiger partial charge in [0.15, 0.2) is 0 Å². The van der Waals surface area contributed by atoms with E-state index < -0.39 is 5.82 Å². The van der Waals surface area contributed by atoms with Crippen molar-refractivity contribution in [2.24, 2.45) is 7.05 Å². The van der Waals surface area contributed by atoms with Crippen LogP contribution in [0, 0.1) is 5.82 Å². The first-order valence-corrected chi connectivity index (χ1v) is 9.64. The van der Waals surface area contributed by atoms with Gasteiger partial charge < -0.3 is 14.3 Å². The fourth-order valence-electron chi connectivity index (χ4n) is 3.80. The number of likely N-dealkylation sites (tertiary alicyclic amines) is 1. The molecule has 1 aromatic carbocycles. The van der Waals surface area contributed by atoms with E-state index in [9.17, 15) is 9.18 Å². The molecule has 1 saturated heterocycles. The molecular weight excluding hydrogens is 373 g/mol. The lowest BCUT2D eigenvalue weighted by Crippen LogP contribution is -2.30. The fraction of sp³-hybridized carbons (Fsp3) is 0.381. The maximum absolute atomic E-state index is 14.0. The molecule has 0 bridgehead atoms. The molecule has 8 heteroatoms. The molecule has 0 radical (unpaired) electrons. The van der Waals surface area contributed by atoms with Crippen molar-refractivity contribution in [2.45, 2.75) is 25.4 Å². The first-order valence-electron chi connectivity index (χ1n) is 9.64. The standard InChI is InChI=1S/C21H24FN5O2/c1-25(2)13-14-11-18(23-26(14)3)19-9-6-10-27(19)21(28)20-12-17(24-29-20)15-7-4-5-8-16(15)22/h4-5,7-8,11-12,19H,6,9-10,13H2,1-3H3/t19-/m1/s1. The van der Waals surface area contributed by atoms with Crippen molar-refractivity contribution in [1.29, 1.82) is 0 Å². The van der Waals surface area contributed by atoms with Gasteiger partial charge in [-0.05, 0) is 45.1 Å². The minimum absolute atomic E-state index is 0.105. The van der Waals surface area contributed by atoms with E-state index in [1.54, 1.807) is 23.1 Å². The van der Waals surface area contributed by atoms with E-state index in [0.717, 1.165) is 30.8 Å². The molecule has 1 atom stereocenters. The molecule has 0 spiro atoms. The van der Waals surface area contributed by atoms with Crippen LogP contribution < -0.4 is 0 Å². The van der Waals surface area contributed by atoms with Crippen LogP contribution >= 0.6 is 0 Å². The Labute approximate surface area is 168 Å². The Morgan fingerprint density at radius 3 is 2.86 bits per heavy atom. The molecule has 7 nitrogen and oxygen atoms in total. The molecule has 1 aliphatic heterocycles. The van der Waals surface area contributed by atoms with E-state index >= 15 is 0 Å². The van der Waals surface area contributed by atoms with Gasteiger partial charge in [-0.2, -0.15) is 5.10 Å². The molecule has 4 rings (SSSR count). The van der Waals surface area contributed by atoms with Crippen LogP contribution in [0.3, 0.4) is 0 Å². The molecule has 152 valence electrons. The number of hydrogen-bond acceptors (Lipinski definition) is 5. The molecule has 29 heavy (non-hydrogen) atoms. The molecule has 1 fully saturated rings. The topological polar surface area (TPSA) is 67.4 Å². The van der Waals surface area contributed by atoms with Gasteiger partial charge in [-0.25, -0.2) is 4.39 Å². The zero-order valence-electron chi connectivity index (χ0n) is 16.8. The van der Waals surface area contributed by atoms with Crippen LogP contribution in [0.25, 0.3) is 11.3 Å². The summed E-state index contributed by atoms with van der Waals surface area (Å²) in [6.07, 6.45) is 1.74. The Morgan fingerprint density at radius 1 is 1.31 bits per heavy atom. The van der Waals surface area contributed by atoms with Gasteiger partial charge in [0.1, 0.15) is 11.5 Å². The third kappa shape index (κ3) is 3.80. The maximum atomic E-state index is 14.0. The summed E-state index contributed by atoms with van der Waals surface area (Å²) in [5.74, 6) is -0.539. The Morgan fingerprint density at radius 2 is 2.10 bits per heavy atom. The number of aryl methyl sites for hydroxylation is 1. The average Bonchev–Trinajstić information content (AvgIpc) is 3.41. The van der Waals surface area contributed by atoms with Crippen LogP contribution in [0.1, 0.15) is 40.8 Å². The Hall–Kier alpha value is -3.00. The van der Waals surface area contributed by atoms with Crippen LogP contribution in [0.2, 0.25) is 0 Å². The van der Waals surface area contributed by atoms with Crippen molar-refractivity contribution in [3.63, 3.8) is 0 Å². The largest absolute Gasteiger partial charge is 0.350 e.